The van der Waals surface area contributed by atoms with Crippen molar-refractivity contribution in [3.8, 4) is 0 Å². The number of carbonyl (C=O) groups excluding carboxylic acids is 1. The summed E-state index contributed by atoms with van der Waals surface area (Å²) in [5, 5.41) is 13.8. The van der Waals surface area contributed by atoms with Gasteiger partial charge in [0.1, 0.15) is 13.2 Å². The van der Waals surface area contributed by atoms with E-state index in [0.717, 1.165) is 70.6 Å². The lowest BCUT2D eigenvalue weighted by Crippen LogP contribution is -2.46. The molecule has 1 amide bonds. The highest BCUT2D eigenvalue weighted by Crippen LogP contribution is 2.43. The van der Waals surface area contributed by atoms with Gasteiger partial charge in [0.15, 0.2) is 0 Å². The van der Waals surface area contributed by atoms with Crippen LogP contribution in [0.25, 0.3) is 0 Å². The monoisotopic (exact) mass is 686 g/mol. The number of carbonyl (C=O) groups is 1. The van der Waals surface area contributed by atoms with Crippen LogP contribution in [0.5, 0.6) is 0 Å². The summed E-state index contributed by atoms with van der Waals surface area (Å²) >= 11 is 0. The first-order valence-corrected chi connectivity index (χ1v) is 20.3. The zero-order chi connectivity index (χ0) is 35.1. The zero-order valence-electron chi connectivity index (χ0n) is 31.0. The molecule has 1 unspecified atom stereocenters. The minimum absolute atomic E-state index is 0.0653. The third-order valence-electron chi connectivity index (χ3n) is 8.11. The Labute approximate surface area is 289 Å². The molecule has 0 radical (unpaired) electrons. The van der Waals surface area contributed by atoms with Crippen LogP contribution in [0, 0.1) is 0 Å². The fourth-order valence-electron chi connectivity index (χ4n) is 5.01. The van der Waals surface area contributed by atoms with Gasteiger partial charge in [-0.1, -0.05) is 108 Å². The van der Waals surface area contributed by atoms with E-state index in [2.05, 4.69) is 55.6 Å². The number of hydrogen-bond donors (Lipinski definition) is 3. The lowest BCUT2D eigenvalue weighted by Gasteiger charge is -2.26. The minimum atomic E-state index is -4.31. The maximum atomic E-state index is 12.8. The number of aliphatic hydroxyl groups excluding tert-OH is 1. The van der Waals surface area contributed by atoms with Gasteiger partial charge in [0.25, 0.3) is 0 Å². The van der Waals surface area contributed by atoms with Gasteiger partial charge in [0.05, 0.1) is 39.9 Å². The van der Waals surface area contributed by atoms with Crippen LogP contribution in [0.15, 0.2) is 36.5 Å². The lowest BCUT2D eigenvalue weighted by molar-refractivity contribution is -0.870. The molecule has 8 nitrogen and oxygen atoms in total. The highest BCUT2D eigenvalue weighted by atomic mass is 31.2. The smallest absolute Gasteiger partial charge is 0.391 e. The molecular formula is C38H74N2O6P+. The SMILES string of the molecule is CCCCC/C=C/C/C=C/CCCCCCCC(=O)N[C@@H](COP(=O)(O)OCC[N+](C)(C)C)[C@H](O)CCCC/C=C/CCCCCC. The minimum Gasteiger partial charge on any atom is -0.391 e. The number of allylic oxidation sites excluding steroid dienone is 6. The number of hydrogen-bond acceptors (Lipinski definition) is 5. The molecule has 47 heavy (non-hydrogen) atoms. The number of likely N-dealkylation sites (N-methyl/N-ethyl adjacent to an activating group) is 1. The predicted molar refractivity (Wildman–Crippen MR) is 198 cm³/mol. The van der Waals surface area contributed by atoms with E-state index in [1.165, 1.54) is 51.4 Å². The molecule has 0 aliphatic rings. The van der Waals surface area contributed by atoms with Crippen molar-refractivity contribution in [3.63, 3.8) is 0 Å². The van der Waals surface area contributed by atoms with Crippen molar-refractivity contribution in [2.45, 2.75) is 161 Å². The molecule has 0 saturated carbocycles. The van der Waals surface area contributed by atoms with Crippen molar-refractivity contribution in [1.29, 1.82) is 0 Å². The van der Waals surface area contributed by atoms with Gasteiger partial charge in [-0.15, -0.1) is 0 Å². The van der Waals surface area contributed by atoms with E-state index in [0.29, 0.717) is 23.9 Å². The Hall–Kier alpha value is -1.28. The molecular weight excluding hydrogens is 611 g/mol. The first-order valence-electron chi connectivity index (χ1n) is 18.9. The summed E-state index contributed by atoms with van der Waals surface area (Å²) in [6.07, 6.45) is 34.5. The average Bonchev–Trinajstić information content (AvgIpc) is 3.01. The van der Waals surface area contributed by atoms with E-state index in [1.807, 2.05) is 21.1 Å². The van der Waals surface area contributed by atoms with Gasteiger partial charge in [-0.2, -0.15) is 0 Å². The molecule has 0 aliphatic carbocycles. The molecule has 0 aromatic carbocycles. The van der Waals surface area contributed by atoms with Crippen LogP contribution >= 0.6 is 7.82 Å². The summed E-state index contributed by atoms with van der Waals surface area (Å²) in [6.45, 7) is 4.76. The van der Waals surface area contributed by atoms with Crippen LogP contribution in [-0.2, 0) is 18.4 Å². The van der Waals surface area contributed by atoms with Gasteiger partial charge >= 0.3 is 7.82 Å². The molecule has 0 rings (SSSR count). The number of nitrogens with one attached hydrogen (secondary N) is 1. The van der Waals surface area contributed by atoms with Crippen LogP contribution in [0.1, 0.15) is 149 Å². The Morgan fingerprint density at radius 1 is 0.723 bits per heavy atom. The fraction of sp³-hybridized carbons (Fsp3) is 0.816. The molecule has 3 atom stereocenters. The normalized spacial score (nSPS) is 15.1. The topological polar surface area (TPSA) is 105 Å². The number of quaternary nitrogens is 1. The van der Waals surface area contributed by atoms with Crippen molar-refractivity contribution in [1.82, 2.24) is 5.32 Å². The van der Waals surface area contributed by atoms with E-state index >= 15 is 0 Å². The molecule has 0 spiro atoms. The van der Waals surface area contributed by atoms with Crippen molar-refractivity contribution in [2.24, 2.45) is 0 Å². The molecule has 0 aromatic rings. The molecule has 0 saturated heterocycles. The number of phosphoric ester groups is 1. The maximum absolute atomic E-state index is 12.8. The van der Waals surface area contributed by atoms with Gasteiger partial charge in [0, 0.05) is 6.42 Å². The largest absolute Gasteiger partial charge is 0.472 e. The van der Waals surface area contributed by atoms with Crippen LogP contribution in [0.4, 0.5) is 0 Å². The highest BCUT2D eigenvalue weighted by Gasteiger charge is 2.28. The number of nitrogens with zero attached hydrogens (tertiary/aromatic N) is 1. The van der Waals surface area contributed by atoms with Gasteiger partial charge in [-0.3, -0.25) is 13.8 Å². The highest BCUT2D eigenvalue weighted by molar-refractivity contribution is 7.47. The Kier molecular flexibility index (Phi) is 29.9. The number of unbranched alkanes of at least 4 members (excludes halogenated alkanes) is 14. The van der Waals surface area contributed by atoms with E-state index < -0.39 is 20.0 Å². The van der Waals surface area contributed by atoms with Crippen LogP contribution in [0.2, 0.25) is 0 Å². The van der Waals surface area contributed by atoms with E-state index in [-0.39, 0.29) is 19.1 Å². The molecule has 9 heteroatoms. The zero-order valence-corrected chi connectivity index (χ0v) is 31.9. The van der Waals surface area contributed by atoms with Crippen molar-refractivity contribution >= 4 is 13.7 Å². The molecule has 0 aliphatic heterocycles. The second-order valence-corrected chi connectivity index (χ2v) is 15.4. The third kappa shape index (κ3) is 33.0. The van der Waals surface area contributed by atoms with Crippen molar-refractivity contribution in [3.05, 3.63) is 36.5 Å². The van der Waals surface area contributed by atoms with E-state index in [9.17, 15) is 19.4 Å². The quantitative estimate of drug-likeness (QED) is 0.0275. The van der Waals surface area contributed by atoms with Crippen LogP contribution < -0.4 is 5.32 Å². The van der Waals surface area contributed by atoms with Gasteiger partial charge < -0.3 is 19.8 Å². The predicted octanol–water partition coefficient (Wildman–Crippen LogP) is 9.57. The summed E-state index contributed by atoms with van der Waals surface area (Å²) in [7, 11) is 1.58. The maximum Gasteiger partial charge on any atom is 0.472 e. The number of amides is 1. The van der Waals surface area contributed by atoms with Crippen LogP contribution in [0.3, 0.4) is 0 Å². The molecule has 276 valence electrons. The van der Waals surface area contributed by atoms with Crippen molar-refractivity contribution < 1.29 is 32.9 Å². The first kappa shape index (κ1) is 45.7. The number of aliphatic hydroxyl groups is 1. The second-order valence-electron chi connectivity index (χ2n) is 13.9. The number of phosphoric acid groups is 1. The third-order valence-corrected chi connectivity index (χ3v) is 9.10. The standard InChI is InChI=1S/C38H73N2O6P/c1-6-8-10-12-14-16-18-19-20-21-22-24-26-28-30-32-38(42)39-36(35-46-47(43,44)45-34-33-40(3,4)5)37(41)31-29-27-25-23-17-15-13-11-9-7-2/h14,16-17,19-20,23,36-37,41H,6-13,15,18,21-22,24-35H2,1-5H3,(H-,39,42,43,44)/p+1/b16-14+,20-19+,23-17+/t36-,37+/m0/s1. The molecule has 3 N–H and O–H groups in total. The van der Waals surface area contributed by atoms with Crippen LogP contribution in [-0.4, -0.2) is 73.4 Å². The van der Waals surface area contributed by atoms with Crippen molar-refractivity contribution in [2.75, 3.05) is 40.9 Å². The molecule has 0 fully saturated rings. The van der Waals surface area contributed by atoms with E-state index in [4.69, 9.17) is 9.05 Å². The Morgan fingerprint density at radius 3 is 1.81 bits per heavy atom. The number of rotatable bonds is 33. The van der Waals surface area contributed by atoms with E-state index in [1.54, 1.807) is 0 Å². The molecule has 0 bridgehead atoms. The molecule has 0 heterocycles. The average molecular weight is 686 g/mol. The fourth-order valence-corrected chi connectivity index (χ4v) is 5.74. The van der Waals surface area contributed by atoms with Gasteiger partial charge in [-0.05, 0) is 70.6 Å². The summed E-state index contributed by atoms with van der Waals surface area (Å²) < 4.78 is 23.4. The van der Waals surface area contributed by atoms with Gasteiger partial charge in [-0.25, -0.2) is 4.57 Å². The summed E-state index contributed by atoms with van der Waals surface area (Å²) in [5.74, 6) is -0.173. The summed E-state index contributed by atoms with van der Waals surface area (Å²) in [4.78, 5) is 23.0. The Morgan fingerprint density at radius 2 is 1.21 bits per heavy atom. The summed E-state index contributed by atoms with van der Waals surface area (Å²) in [5.41, 5.74) is 0. The lowest BCUT2D eigenvalue weighted by atomic mass is 10.0. The second kappa shape index (κ2) is 30.8. The van der Waals surface area contributed by atoms with Gasteiger partial charge in [0.2, 0.25) is 5.91 Å². The molecule has 0 aromatic heterocycles. The first-order chi connectivity index (χ1) is 22.5. The summed E-state index contributed by atoms with van der Waals surface area (Å²) in [6, 6.07) is -0.781. The Bertz CT molecular complexity index is 871. The Balaban J connectivity index is 4.52.